The fourth-order valence-electron chi connectivity index (χ4n) is 3.93. The molecule has 0 aliphatic carbocycles. The van der Waals surface area contributed by atoms with Crippen molar-refractivity contribution in [3.63, 3.8) is 0 Å². The summed E-state index contributed by atoms with van der Waals surface area (Å²) in [4.78, 5) is 15.8. The number of carbonyl (C=O) groups excluding carboxylic acids is 1. The van der Waals surface area contributed by atoms with Crippen molar-refractivity contribution < 1.29 is 22.9 Å². The Hall–Kier alpha value is -3.19. The standard InChI is InChI=1S/C23H23F2N3O2/c24-18-9-7-17(8-10-18)23(29)26-16-21(22-6-3-15-30-22)28-13-11-27(12-14-28)20-5-2-1-4-19(20)25/h1-10,15,21H,11-14,16H2,(H,26,29)/p+1/t21-/m1/s1. The zero-order valence-corrected chi connectivity index (χ0v) is 16.5. The summed E-state index contributed by atoms with van der Waals surface area (Å²) in [6.45, 7) is 3.37. The molecule has 0 bridgehead atoms. The Labute approximate surface area is 173 Å². The molecule has 1 saturated heterocycles. The van der Waals surface area contributed by atoms with Crippen LogP contribution in [0.1, 0.15) is 22.2 Å². The van der Waals surface area contributed by atoms with E-state index in [-0.39, 0.29) is 23.6 Å². The molecule has 2 N–H and O–H groups in total. The summed E-state index contributed by atoms with van der Waals surface area (Å²) in [6, 6.07) is 16.0. The van der Waals surface area contributed by atoms with Crippen LogP contribution in [0.3, 0.4) is 0 Å². The summed E-state index contributed by atoms with van der Waals surface area (Å²) < 4.78 is 32.8. The number of furan rings is 1. The largest absolute Gasteiger partial charge is 0.463 e. The van der Waals surface area contributed by atoms with Gasteiger partial charge in [-0.1, -0.05) is 12.1 Å². The van der Waals surface area contributed by atoms with Gasteiger partial charge in [-0.3, -0.25) is 4.79 Å². The van der Waals surface area contributed by atoms with E-state index in [1.165, 1.54) is 35.2 Å². The maximum absolute atomic E-state index is 14.1. The van der Waals surface area contributed by atoms with Gasteiger partial charge in [-0.15, -0.1) is 0 Å². The third-order valence-corrected chi connectivity index (χ3v) is 5.55. The number of hydrogen-bond acceptors (Lipinski definition) is 3. The lowest BCUT2D eigenvalue weighted by Gasteiger charge is -2.37. The van der Waals surface area contributed by atoms with Gasteiger partial charge in [0.2, 0.25) is 0 Å². The number of carbonyl (C=O) groups is 1. The predicted octanol–water partition coefficient (Wildman–Crippen LogP) is 2.43. The van der Waals surface area contributed by atoms with E-state index < -0.39 is 0 Å². The second kappa shape index (κ2) is 9.09. The van der Waals surface area contributed by atoms with Crippen LogP contribution in [0.2, 0.25) is 0 Å². The summed E-state index contributed by atoms with van der Waals surface area (Å²) in [5.74, 6) is -0.0491. The van der Waals surface area contributed by atoms with Crippen LogP contribution >= 0.6 is 0 Å². The summed E-state index contributed by atoms with van der Waals surface area (Å²) >= 11 is 0. The van der Waals surface area contributed by atoms with E-state index in [1.54, 1.807) is 18.4 Å². The number of amides is 1. The minimum atomic E-state index is -0.378. The summed E-state index contributed by atoms with van der Waals surface area (Å²) in [5, 5.41) is 2.94. The van der Waals surface area contributed by atoms with Gasteiger partial charge in [0, 0.05) is 5.56 Å². The SMILES string of the molecule is O=C(NC[C@H](c1ccco1)[NH+]1CCN(c2ccccc2F)CC1)c1ccc(F)cc1. The molecule has 0 radical (unpaired) electrons. The highest BCUT2D eigenvalue weighted by molar-refractivity contribution is 5.94. The van der Waals surface area contributed by atoms with Crippen LogP contribution < -0.4 is 15.1 Å². The summed E-state index contributed by atoms with van der Waals surface area (Å²) in [6.07, 6.45) is 1.62. The van der Waals surface area contributed by atoms with Gasteiger partial charge in [-0.05, 0) is 48.5 Å². The zero-order chi connectivity index (χ0) is 20.9. The molecule has 0 saturated carbocycles. The van der Waals surface area contributed by atoms with Crippen LogP contribution in [0.25, 0.3) is 0 Å². The average Bonchev–Trinajstić information content (AvgIpc) is 3.30. The van der Waals surface area contributed by atoms with Crippen molar-refractivity contribution in [1.82, 2.24) is 5.32 Å². The number of rotatable bonds is 6. The fourth-order valence-corrected chi connectivity index (χ4v) is 3.93. The third-order valence-electron chi connectivity index (χ3n) is 5.55. The number of halogens is 2. The zero-order valence-electron chi connectivity index (χ0n) is 16.5. The van der Waals surface area contributed by atoms with E-state index in [9.17, 15) is 13.6 Å². The number of piperazine rings is 1. The van der Waals surface area contributed by atoms with Crippen LogP contribution in [0.15, 0.2) is 71.3 Å². The van der Waals surface area contributed by atoms with Crippen LogP contribution in [0.4, 0.5) is 14.5 Å². The van der Waals surface area contributed by atoms with Gasteiger partial charge in [-0.25, -0.2) is 8.78 Å². The molecular formula is C23H24F2N3O2+. The average molecular weight is 412 g/mol. The van der Waals surface area contributed by atoms with E-state index in [1.807, 2.05) is 18.2 Å². The van der Waals surface area contributed by atoms with E-state index in [0.717, 1.165) is 18.8 Å². The number of anilines is 1. The van der Waals surface area contributed by atoms with Crippen molar-refractivity contribution in [3.05, 3.63) is 89.9 Å². The highest BCUT2D eigenvalue weighted by Crippen LogP contribution is 2.19. The Kier molecular flexibility index (Phi) is 6.09. The minimum absolute atomic E-state index is 0.0628. The van der Waals surface area contributed by atoms with E-state index >= 15 is 0 Å². The lowest BCUT2D eigenvalue weighted by atomic mass is 10.1. The van der Waals surface area contributed by atoms with Gasteiger partial charge in [0.05, 0.1) is 44.7 Å². The van der Waals surface area contributed by atoms with Crippen molar-refractivity contribution >= 4 is 11.6 Å². The molecule has 1 aliphatic heterocycles. The molecule has 4 rings (SSSR count). The lowest BCUT2D eigenvalue weighted by molar-refractivity contribution is -0.932. The Balaban J connectivity index is 1.41. The summed E-state index contributed by atoms with van der Waals surface area (Å²) in [5.41, 5.74) is 1.03. The number of para-hydroxylation sites is 1. The fraction of sp³-hybridized carbons (Fsp3) is 0.261. The van der Waals surface area contributed by atoms with Gasteiger partial charge in [0.1, 0.15) is 11.6 Å². The first-order valence-corrected chi connectivity index (χ1v) is 10.0. The van der Waals surface area contributed by atoms with Gasteiger partial charge in [-0.2, -0.15) is 0 Å². The van der Waals surface area contributed by atoms with Crippen molar-refractivity contribution in [2.24, 2.45) is 0 Å². The number of nitrogens with zero attached hydrogens (tertiary/aromatic N) is 1. The first-order valence-electron chi connectivity index (χ1n) is 10.0. The van der Waals surface area contributed by atoms with Crippen LogP contribution in [-0.4, -0.2) is 38.6 Å². The Morgan fingerprint density at radius 2 is 1.77 bits per heavy atom. The second-order valence-electron chi connectivity index (χ2n) is 7.38. The first-order chi connectivity index (χ1) is 14.6. The molecule has 1 amide bonds. The lowest BCUT2D eigenvalue weighted by Crippen LogP contribution is -3.15. The Morgan fingerprint density at radius 1 is 1.03 bits per heavy atom. The van der Waals surface area contributed by atoms with Crippen molar-refractivity contribution in [1.29, 1.82) is 0 Å². The smallest absolute Gasteiger partial charge is 0.251 e. The molecule has 5 nitrogen and oxygen atoms in total. The maximum Gasteiger partial charge on any atom is 0.251 e. The van der Waals surface area contributed by atoms with E-state index in [0.29, 0.717) is 30.9 Å². The van der Waals surface area contributed by atoms with Crippen molar-refractivity contribution in [2.75, 3.05) is 37.6 Å². The second-order valence-corrected chi connectivity index (χ2v) is 7.38. The van der Waals surface area contributed by atoms with Crippen molar-refractivity contribution in [2.45, 2.75) is 6.04 Å². The number of benzene rings is 2. The predicted molar refractivity (Wildman–Crippen MR) is 109 cm³/mol. The van der Waals surface area contributed by atoms with Crippen LogP contribution in [0, 0.1) is 11.6 Å². The molecule has 1 fully saturated rings. The maximum atomic E-state index is 14.1. The number of hydrogen-bond donors (Lipinski definition) is 2. The molecule has 2 heterocycles. The quantitative estimate of drug-likeness (QED) is 0.654. The summed E-state index contributed by atoms with van der Waals surface area (Å²) in [7, 11) is 0. The normalized spacial score (nSPS) is 15.7. The van der Waals surface area contributed by atoms with E-state index in [2.05, 4.69) is 10.2 Å². The van der Waals surface area contributed by atoms with Gasteiger partial charge < -0.3 is 19.5 Å². The molecule has 1 aliphatic rings. The monoisotopic (exact) mass is 412 g/mol. The topological polar surface area (TPSA) is 49.9 Å². The molecule has 1 atom stereocenters. The number of nitrogens with one attached hydrogen (secondary N) is 2. The molecule has 0 spiro atoms. The van der Waals surface area contributed by atoms with Gasteiger partial charge in [0.15, 0.2) is 11.8 Å². The molecule has 3 aromatic rings. The van der Waals surface area contributed by atoms with Crippen LogP contribution in [0.5, 0.6) is 0 Å². The number of quaternary nitrogens is 1. The van der Waals surface area contributed by atoms with Crippen molar-refractivity contribution in [3.8, 4) is 0 Å². The molecule has 1 aromatic heterocycles. The van der Waals surface area contributed by atoms with Gasteiger partial charge >= 0.3 is 0 Å². The highest BCUT2D eigenvalue weighted by atomic mass is 19.1. The highest BCUT2D eigenvalue weighted by Gasteiger charge is 2.31. The van der Waals surface area contributed by atoms with Gasteiger partial charge in [0.25, 0.3) is 5.91 Å². The minimum Gasteiger partial charge on any atom is -0.463 e. The Bertz CT molecular complexity index is 968. The van der Waals surface area contributed by atoms with Crippen LogP contribution in [-0.2, 0) is 0 Å². The molecule has 30 heavy (non-hydrogen) atoms. The first kappa shape index (κ1) is 20.1. The Morgan fingerprint density at radius 3 is 2.43 bits per heavy atom. The molecule has 2 aromatic carbocycles. The molecule has 0 unspecified atom stereocenters. The molecule has 156 valence electrons. The van der Waals surface area contributed by atoms with E-state index in [4.69, 9.17) is 4.42 Å². The molecular weight excluding hydrogens is 388 g/mol. The molecule has 7 heteroatoms. The third kappa shape index (κ3) is 4.52.